The zero-order valence-corrected chi connectivity index (χ0v) is 21.2. The fourth-order valence-corrected chi connectivity index (χ4v) is 5.09. The van der Waals surface area contributed by atoms with E-state index in [-0.39, 0.29) is 28.7 Å². The maximum atomic E-state index is 13.8. The van der Waals surface area contributed by atoms with Crippen molar-refractivity contribution in [1.82, 2.24) is 14.6 Å². The van der Waals surface area contributed by atoms with E-state index in [1.165, 1.54) is 16.2 Å². The van der Waals surface area contributed by atoms with Gasteiger partial charge >= 0.3 is 0 Å². The highest BCUT2D eigenvalue weighted by Crippen LogP contribution is 2.33. The van der Waals surface area contributed by atoms with Crippen molar-refractivity contribution >= 4 is 57.9 Å². The first kappa shape index (κ1) is 25.7. The van der Waals surface area contributed by atoms with Crippen LogP contribution in [0.4, 0.5) is 5.69 Å². The third-order valence-corrected chi connectivity index (χ3v) is 7.25. The van der Waals surface area contributed by atoms with Crippen LogP contribution in [0.25, 0.3) is 0 Å². The van der Waals surface area contributed by atoms with Gasteiger partial charge < -0.3 is 21.7 Å². The molecule has 34 heavy (non-hydrogen) atoms. The van der Waals surface area contributed by atoms with Gasteiger partial charge in [0.15, 0.2) is 5.69 Å². The monoisotopic (exact) mass is 519 g/mol. The molecule has 8 nitrogen and oxygen atoms in total. The maximum absolute atomic E-state index is 13.8. The minimum atomic E-state index is -0.936. The van der Waals surface area contributed by atoms with Crippen LogP contribution in [0.2, 0.25) is 5.02 Å². The quantitative estimate of drug-likeness (QED) is 0.371. The van der Waals surface area contributed by atoms with E-state index in [1.54, 1.807) is 30.3 Å². The molecule has 0 bridgehead atoms. The van der Waals surface area contributed by atoms with E-state index in [1.807, 2.05) is 11.4 Å². The summed E-state index contributed by atoms with van der Waals surface area (Å²) in [6.45, 7) is 4.65. The summed E-state index contributed by atoms with van der Waals surface area (Å²) in [6.07, 6.45) is 0.797. The highest BCUT2D eigenvalue weighted by Gasteiger charge is 2.35. The van der Waals surface area contributed by atoms with Crippen LogP contribution in [0, 0.1) is 5.92 Å². The molecule has 0 unspecified atom stereocenters. The lowest BCUT2D eigenvalue weighted by Gasteiger charge is -2.30. The number of carbonyl (C=O) groups excluding carboxylic acids is 3. The summed E-state index contributed by atoms with van der Waals surface area (Å²) in [7, 11) is 0. The van der Waals surface area contributed by atoms with Crippen LogP contribution in [0.15, 0.2) is 41.8 Å². The molecule has 180 valence electrons. The largest absolute Gasteiger partial charge is 0.395 e. The van der Waals surface area contributed by atoms with Gasteiger partial charge in [-0.2, -0.15) is 4.37 Å². The number of hydrogen-bond donors (Lipinski definition) is 3. The van der Waals surface area contributed by atoms with Gasteiger partial charge in [-0.3, -0.25) is 14.4 Å². The van der Waals surface area contributed by atoms with Crippen molar-refractivity contribution in [3.8, 4) is 0 Å². The average molecular weight is 520 g/mol. The highest BCUT2D eigenvalue weighted by atomic mass is 35.5. The molecule has 0 saturated heterocycles. The summed E-state index contributed by atoms with van der Waals surface area (Å²) in [4.78, 5) is 41.0. The second-order valence-corrected chi connectivity index (χ2v) is 10.2. The Morgan fingerprint density at radius 1 is 1.18 bits per heavy atom. The average Bonchev–Trinajstić information content (AvgIpc) is 3.44. The molecule has 2 heterocycles. The zero-order chi connectivity index (χ0) is 24.8. The van der Waals surface area contributed by atoms with Gasteiger partial charge in [0.1, 0.15) is 10.9 Å². The number of primary amides is 1. The lowest BCUT2D eigenvalue weighted by molar-refractivity contribution is -0.126. The number of rotatable bonds is 10. The standard InChI is InChI=1S/C23H26ClN5O3S2/c1-13(2)9-10-27-22(31)19(16-8-5-11-33-16)29(12-14-6-3-4-7-15(14)24)23(32)20-17(25)18(21(26)30)28-34-20/h3-8,11,13,19H,9-10,12,25H2,1-2H3,(H2,26,30)(H,27,31)/t19-/m1/s1. The van der Waals surface area contributed by atoms with Crippen LogP contribution >= 0.6 is 34.5 Å². The van der Waals surface area contributed by atoms with Crippen molar-refractivity contribution in [3.05, 3.63) is 67.8 Å². The Balaban J connectivity index is 2.05. The van der Waals surface area contributed by atoms with Crippen molar-refractivity contribution in [1.29, 1.82) is 0 Å². The molecule has 0 saturated carbocycles. The summed E-state index contributed by atoms with van der Waals surface area (Å²) in [5.74, 6) is -1.28. The van der Waals surface area contributed by atoms with Crippen molar-refractivity contribution in [2.45, 2.75) is 32.9 Å². The van der Waals surface area contributed by atoms with Gasteiger partial charge in [0, 0.05) is 23.0 Å². The smallest absolute Gasteiger partial charge is 0.270 e. The van der Waals surface area contributed by atoms with E-state index in [4.69, 9.17) is 23.1 Å². The first-order chi connectivity index (χ1) is 16.2. The fourth-order valence-electron chi connectivity index (χ4n) is 3.30. The van der Waals surface area contributed by atoms with Crippen molar-refractivity contribution < 1.29 is 14.4 Å². The molecule has 0 aliphatic heterocycles. The Morgan fingerprint density at radius 3 is 2.50 bits per heavy atom. The van der Waals surface area contributed by atoms with E-state index < -0.39 is 17.9 Å². The number of benzene rings is 1. The Labute approximate surface area is 211 Å². The third kappa shape index (κ3) is 5.94. The predicted molar refractivity (Wildman–Crippen MR) is 136 cm³/mol. The Hall–Kier alpha value is -2.95. The number of carbonyl (C=O) groups is 3. The molecule has 3 amide bonds. The van der Waals surface area contributed by atoms with E-state index in [9.17, 15) is 14.4 Å². The second-order valence-electron chi connectivity index (χ2n) is 8.05. The molecule has 11 heteroatoms. The van der Waals surface area contributed by atoms with Crippen molar-refractivity contribution in [2.24, 2.45) is 11.7 Å². The lowest BCUT2D eigenvalue weighted by atomic mass is 10.1. The zero-order valence-electron chi connectivity index (χ0n) is 18.8. The molecule has 0 aliphatic carbocycles. The lowest BCUT2D eigenvalue weighted by Crippen LogP contribution is -2.43. The van der Waals surface area contributed by atoms with Gasteiger partial charge in [-0.15, -0.1) is 11.3 Å². The molecule has 1 atom stereocenters. The number of hydrogen-bond acceptors (Lipinski definition) is 7. The van der Waals surface area contributed by atoms with Crippen LogP contribution < -0.4 is 16.8 Å². The van der Waals surface area contributed by atoms with Gasteiger partial charge in [-0.1, -0.05) is 49.7 Å². The third-order valence-electron chi connectivity index (χ3n) is 5.11. The van der Waals surface area contributed by atoms with Gasteiger partial charge in [0.05, 0.1) is 5.69 Å². The number of amides is 3. The Bertz CT molecular complexity index is 1160. The fraction of sp³-hybridized carbons (Fsp3) is 0.304. The first-order valence-electron chi connectivity index (χ1n) is 10.6. The normalized spacial score (nSPS) is 11.9. The van der Waals surface area contributed by atoms with E-state index >= 15 is 0 Å². The summed E-state index contributed by atoms with van der Waals surface area (Å²) in [5, 5.41) is 5.25. The minimum absolute atomic E-state index is 0.0393. The van der Waals surface area contributed by atoms with Gasteiger partial charge in [0.2, 0.25) is 5.91 Å². The Kier molecular flexibility index (Phi) is 8.65. The summed E-state index contributed by atoms with van der Waals surface area (Å²) >= 11 is 8.53. The van der Waals surface area contributed by atoms with Gasteiger partial charge in [0.25, 0.3) is 11.8 Å². The van der Waals surface area contributed by atoms with E-state index in [0.717, 1.165) is 18.0 Å². The summed E-state index contributed by atoms with van der Waals surface area (Å²) in [5.41, 5.74) is 11.8. The number of halogens is 1. The molecule has 0 radical (unpaired) electrons. The molecule has 1 aromatic carbocycles. The van der Waals surface area contributed by atoms with Crippen LogP contribution in [0.5, 0.6) is 0 Å². The number of nitrogens with two attached hydrogens (primary N) is 2. The molecule has 3 rings (SSSR count). The first-order valence-corrected chi connectivity index (χ1v) is 12.6. The predicted octanol–water partition coefficient (Wildman–Crippen LogP) is 4.09. The molecule has 2 aromatic heterocycles. The summed E-state index contributed by atoms with van der Waals surface area (Å²) in [6, 6.07) is 9.78. The van der Waals surface area contributed by atoms with E-state index in [2.05, 4.69) is 23.5 Å². The van der Waals surface area contributed by atoms with Gasteiger partial charge in [-0.25, -0.2) is 0 Å². The molecule has 0 aliphatic rings. The topological polar surface area (TPSA) is 131 Å². The number of nitrogen functional groups attached to an aromatic ring is 1. The number of thiophene rings is 1. The van der Waals surface area contributed by atoms with Crippen LogP contribution in [-0.4, -0.2) is 33.5 Å². The van der Waals surface area contributed by atoms with Crippen LogP contribution in [-0.2, 0) is 11.3 Å². The molecular weight excluding hydrogens is 494 g/mol. The number of nitrogens with one attached hydrogen (secondary N) is 1. The minimum Gasteiger partial charge on any atom is -0.395 e. The maximum Gasteiger partial charge on any atom is 0.270 e. The SMILES string of the molecule is CC(C)CCNC(=O)[C@@H](c1cccs1)N(Cc1ccccc1Cl)C(=O)c1snc(C(N)=O)c1N. The second kappa shape index (κ2) is 11.5. The van der Waals surface area contributed by atoms with Crippen LogP contribution in [0.1, 0.15) is 56.9 Å². The number of aromatic nitrogens is 1. The van der Waals surface area contributed by atoms with Gasteiger partial charge in [-0.05, 0) is 46.9 Å². The number of anilines is 1. The molecule has 0 spiro atoms. The molecule has 3 aromatic rings. The van der Waals surface area contributed by atoms with Crippen LogP contribution in [0.3, 0.4) is 0 Å². The van der Waals surface area contributed by atoms with Crippen molar-refractivity contribution in [3.63, 3.8) is 0 Å². The highest BCUT2D eigenvalue weighted by molar-refractivity contribution is 7.10. The number of nitrogens with zero attached hydrogens (tertiary/aromatic N) is 2. The summed E-state index contributed by atoms with van der Waals surface area (Å²) < 4.78 is 3.95. The molecule has 5 N–H and O–H groups in total. The van der Waals surface area contributed by atoms with Crippen molar-refractivity contribution in [2.75, 3.05) is 12.3 Å². The molecular formula is C23H26ClN5O3S2. The Morgan fingerprint density at radius 2 is 1.91 bits per heavy atom. The molecule has 0 fully saturated rings. The van der Waals surface area contributed by atoms with E-state index in [0.29, 0.717) is 27.9 Å².